The van der Waals surface area contributed by atoms with E-state index in [1.807, 2.05) is 0 Å². The first-order chi connectivity index (χ1) is 7.33. The number of carboxylic acids is 1. The summed E-state index contributed by atoms with van der Waals surface area (Å²) in [6.45, 7) is 2.82. The molecule has 16 heavy (non-hydrogen) atoms. The summed E-state index contributed by atoms with van der Waals surface area (Å²) >= 11 is 0. The zero-order valence-electron chi connectivity index (χ0n) is 8.84. The van der Waals surface area contributed by atoms with Crippen molar-refractivity contribution in [2.45, 2.75) is 19.1 Å². The molecule has 0 saturated heterocycles. The first-order valence-electron chi connectivity index (χ1n) is 4.50. The average molecular weight is 244 g/mol. The number of sulfonamides is 1. The zero-order chi connectivity index (χ0) is 12.3. The maximum atomic E-state index is 11.5. The van der Waals surface area contributed by atoms with Crippen molar-refractivity contribution in [1.29, 1.82) is 0 Å². The molecule has 1 atom stereocenters. The number of anilines is 1. The van der Waals surface area contributed by atoms with Gasteiger partial charge in [-0.15, -0.1) is 0 Å². The first kappa shape index (κ1) is 12.4. The van der Waals surface area contributed by atoms with E-state index >= 15 is 0 Å². The Bertz CT molecular complexity index is 498. The smallest absolute Gasteiger partial charge is 0.323 e. The van der Waals surface area contributed by atoms with E-state index in [1.54, 1.807) is 6.92 Å². The quantitative estimate of drug-likeness (QED) is 0.808. The summed E-state index contributed by atoms with van der Waals surface area (Å²) in [5, 5.41) is 7.12. The first-order valence-corrected chi connectivity index (χ1v) is 6.04. The summed E-state index contributed by atoms with van der Waals surface area (Å²) in [5.74, 6) is -1.39. The van der Waals surface area contributed by atoms with Crippen molar-refractivity contribution in [2.75, 3.05) is 4.72 Å². The van der Waals surface area contributed by atoms with Crippen LogP contribution < -0.4 is 4.72 Å². The van der Waals surface area contributed by atoms with E-state index < -0.39 is 21.2 Å². The Morgan fingerprint density at radius 3 is 2.69 bits per heavy atom. The Kier molecular flexibility index (Phi) is 3.48. The number of hydrogen-bond donors (Lipinski definition) is 2. The van der Waals surface area contributed by atoms with Crippen LogP contribution in [0.25, 0.3) is 0 Å². The molecule has 2 N–H and O–H groups in total. The Labute approximate surface area is 93.4 Å². The molecule has 0 bridgehead atoms. The molecule has 1 rings (SSSR count). The number of aromatic nitrogens is 1. The van der Waals surface area contributed by atoms with Gasteiger partial charge in [0, 0.05) is 11.9 Å². The lowest BCUT2D eigenvalue weighted by Gasteiger charge is -2.11. The zero-order valence-corrected chi connectivity index (χ0v) is 9.65. The number of hydrogen-bond acceptors (Lipinski definition) is 4. The van der Waals surface area contributed by atoms with Crippen LogP contribution in [0.15, 0.2) is 18.3 Å². The van der Waals surface area contributed by atoms with E-state index in [0.29, 0.717) is 11.4 Å². The highest BCUT2D eigenvalue weighted by Crippen LogP contribution is 2.12. The number of nitrogens with zero attached hydrogens (tertiary/aromatic N) is 1. The van der Waals surface area contributed by atoms with Gasteiger partial charge in [-0.3, -0.25) is 14.5 Å². The van der Waals surface area contributed by atoms with Crippen LogP contribution in [0.4, 0.5) is 5.69 Å². The molecule has 0 aliphatic heterocycles. The van der Waals surface area contributed by atoms with Crippen LogP contribution in [0.5, 0.6) is 0 Å². The lowest BCUT2D eigenvalue weighted by atomic mass is 10.3. The van der Waals surface area contributed by atoms with Gasteiger partial charge in [0.05, 0.1) is 5.69 Å². The molecular formula is C9H12N2O4S. The van der Waals surface area contributed by atoms with Crippen molar-refractivity contribution in [3.05, 3.63) is 24.0 Å². The summed E-state index contributed by atoms with van der Waals surface area (Å²) in [5.41, 5.74) is 0.948. The highest BCUT2D eigenvalue weighted by molar-refractivity contribution is 7.94. The van der Waals surface area contributed by atoms with Gasteiger partial charge in [0.25, 0.3) is 0 Å². The molecule has 1 aromatic heterocycles. The molecule has 88 valence electrons. The van der Waals surface area contributed by atoms with Crippen molar-refractivity contribution >= 4 is 21.7 Å². The number of carbonyl (C=O) groups is 1. The lowest BCUT2D eigenvalue weighted by molar-refractivity contribution is -0.136. The molecule has 7 heteroatoms. The number of pyridine rings is 1. The van der Waals surface area contributed by atoms with Gasteiger partial charge in [-0.1, -0.05) is 0 Å². The molecule has 1 heterocycles. The van der Waals surface area contributed by atoms with Gasteiger partial charge >= 0.3 is 5.97 Å². The van der Waals surface area contributed by atoms with E-state index in [-0.39, 0.29) is 0 Å². The molecule has 0 aromatic carbocycles. The number of aliphatic carboxylic acids is 1. The van der Waals surface area contributed by atoms with Crippen LogP contribution in [-0.2, 0) is 14.8 Å². The predicted molar refractivity (Wildman–Crippen MR) is 58.6 cm³/mol. The van der Waals surface area contributed by atoms with Gasteiger partial charge < -0.3 is 5.11 Å². The highest BCUT2D eigenvalue weighted by Gasteiger charge is 2.27. The Morgan fingerprint density at radius 1 is 1.56 bits per heavy atom. The van der Waals surface area contributed by atoms with Crippen LogP contribution in [-0.4, -0.2) is 29.7 Å². The van der Waals surface area contributed by atoms with Crippen LogP contribution in [0.1, 0.15) is 12.6 Å². The van der Waals surface area contributed by atoms with Crippen molar-refractivity contribution in [3.63, 3.8) is 0 Å². The summed E-state index contributed by atoms with van der Waals surface area (Å²) in [4.78, 5) is 14.5. The van der Waals surface area contributed by atoms with Gasteiger partial charge in [0.1, 0.15) is 0 Å². The monoisotopic (exact) mass is 244 g/mol. The van der Waals surface area contributed by atoms with E-state index in [2.05, 4.69) is 9.71 Å². The predicted octanol–water partition coefficient (Wildman–Crippen LogP) is 0.605. The third-order valence-corrected chi connectivity index (χ3v) is 3.62. The summed E-state index contributed by atoms with van der Waals surface area (Å²) in [6, 6.07) is 2.98. The second kappa shape index (κ2) is 4.48. The number of rotatable bonds is 4. The summed E-state index contributed by atoms with van der Waals surface area (Å²) in [7, 11) is -3.91. The average Bonchev–Trinajstić information content (AvgIpc) is 2.15. The van der Waals surface area contributed by atoms with Crippen molar-refractivity contribution in [2.24, 2.45) is 0 Å². The number of carboxylic acid groups (broad SMARTS) is 1. The fourth-order valence-electron chi connectivity index (χ4n) is 0.994. The molecule has 0 spiro atoms. The molecule has 0 aliphatic carbocycles. The van der Waals surface area contributed by atoms with Crippen molar-refractivity contribution < 1.29 is 18.3 Å². The van der Waals surface area contributed by atoms with Gasteiger partial charge in [0.2, 0.25) is 10.0 Å². The maximum absolute atomic E-state index is 11.5. The molecule has 0 fully saturated rings. The molecule has 0 radical (unpaired) electrons. The minimum atomic E-state index is -3.91. The SMILES string of the molecule is Cc1cc(NS(=O)(=O)C(C)C(=O)O)ccn1. The molecule has 1 unspecified atom stereocenters. The molecule has 0 saturated carbocycles. The molecule has 6 nitrogen and oxygen atoms in total. The van der Waals surface area contributed by atoms with Gasteiger partial charge in [-0.25, -0.2) is 8.42 Å². The summed E-state index contributed by atoms with van der Waals surface area (Å²) in [6.07, 6.45) is 1.44. The third kappa shape index (κ3) is 2.93. The minimum absolute atomic E-state index is 0.306. The molecule has 1 aromatic rings. The second-order valence-electron chi connectivity index (χ2n) is 3.31. The Hall–Kier alpha value is -1.63. The van der Waals surface area contributed by atoms with Crippen LogP contribution in [0.3, 0.4) is 0 Å². The van der Waals surface area contributed by atoms with E-state index in [1.165, 1.54) is 18.3 Å². The lowest BCUT2D eigenvalue weighted by Crippen LogP contribution is -2.32. The molecule has 0 aliphatic rings. The number of nitrogens with one attached hydrogen (secondary N) is 1. The number of aryl methyl sites for hydroxylation is 1. The minimum Gasteiger partial charge on any atom is -0.480 e. The fourth-order valence-corrected chi connectivity index (χ4v) is 1.89. The van der Waals surface area contributed by atoms with Gasteiger partial charge in [0.15, 0.2) is 5.25 Å². The van der Waals surface area contributed by atoms with Crippen LogP contribution in [0.2, 0.25) is 0 Å². The van der Waals surface area contributed by atoms with Crippen molar-refractivity contribution in [3.8, 4) is 0 Å². The maximum Gasteiger partial charge on any atom is 0.323 e. The van der Waals surface area contributed by atoms with E-state index in [4.69, 9.17) is 5.11 Å². The van der Waals surface area contributed by atoms with Crippen LogP contribution in [0, 0.1) is 6.92 Å². The second-order valence-corrected chi connectivity index (χ2v) is 5.31. The molecule has 0 amide bonds. The highest BCUT2D eigenvalue weighted by atomic mass is 32.2. The summed E-state index contributed by atoms with van der Waals surface area (Å²) < 4.78 is 25.3. The Morgan fingerprint density at radius 2 is 2.19 bits per heavy atom. The van der Waals surface area contributed by atoms with E-state index in [9.17, 15) is 13.2 Å². The molecular weight excluding hydrogens is 232 g/mol. The largest absolute Gasteiger partial charge is 0.480 e. The van der Waals surface area contributed by atoms with Gasteiger partial charge in [-0.05, 0) is 26.0 Å². The van der Waals surface area contributed by atoms with Gasteiger partial charge in [-0.2, -0.15) is 0 Å². The normalized spacial score (nSPS) is 13.1. The standard InChI is InChI=1S/C9H12N2O4S/c1-6-5-8(3-4-10-6)11-16(14,15)7(2)9(12)13/h3-5,7H,1-2H3,(H,10,11)(H,12,13). The Balaban J connectivity index is 2.93. The van der Waals surface area contributed by atoms with Crippen molar-refractivity contribution in [1.82, 2.24) is 4.98 Å². The topological polar surface area (TPSA) is 96.4 Å². The van der Waals surface area contributed by atoms with E-state index in [0.717, 1.165) is 6.92 Å². The third-order valence-electron chi connectivity index (χ3n) is 1.97. The fraction of sp³-hybridized carbons (Fsp3) is 0.333. The van der Waals surface area contributed by atoms with Crippen LogP contribution >= 0.6 is 0 Å².